The number of nitrogens with zero attached hydrogens (tertiary/aromatic N) is 2. The molecule has 1 amide bonds. The summed E-state index contributed by atoms with van der Waals surface area (Å²) in [6, 6.07) is 14.3. The smallest absolute Gasteiger partial charge is 0.337 e. The quantitative estimate of drug-likeness (QED) is 0.482. The number of benzene rings is 2. The molecule has 8 heteroatoms. The van der Waals surface area contributed by atoms with Gasteiger partial charge in [-0.05, 0) is 29.8 Å². The Bertz CT molecular complexity index is 970. The van der Waals surface area contributed by atoms with Crippen molar-refractivity contribution in [3.05, 3.63) is 76.9 Å². The minimum Gasteiger partial charge on any atom is -0.465 e. The van der Waals surface area contributed by atoms with Crippen molar-refractivity contribution in [1.82, 2.24) is 15.5 Å². The van der Waals surface area contributed by atoms with Crippen LogP contribution in [0.4, 0.5) is 0 Å². The minimum atomic E-state index is -0.390. The van der Waals surface area contributed by atoms with E-state index in [2.05, 4.69) is 20.2 Å². The predicted octanol–water partition coefficient (Wildman–Crippen LogP) is 3.39. The largest absolute Gasteiger partial charge is 0.465 e. The molecule has 1 aromatic heterocycles. The molecule has 1 N–H and O–H groups in total. The number of carbonyl (C=O) groups excluding carboxylic acids is 2. The van der Waals surface area contributed by atoms with Crippen molar-refractivity contribution in [2.24, 2.45) is 0 Å². The van der Waals surface area contributed by atoms with Crippen LogP contribution < -0.4 is 5.32 Å². The van der Waals surface area contributed by atoms with Crippen LogP contribution in [0.15, 0.2) is 57.9 Å². The zero-order valence-electron chi connectivity index (χ0n) is 15.5. The van der Waals surface area contributed by atoms with Crippen molar-refractivity contribution in [2.45, 2.75) is 24.1 Å². The Kier molecular flexibility index (Phi) is 6.44. The van der Waals surface area contributed by atoms with E-state index in [-0.39, 0.29) is 5.91 Å². The number of aryl methyl sites for hydroxylation is 1. The van der Waals surface area contributed by atoms with Gasteiger partial charge in [-0.1, -0.05) is 29.4 Å². The highest BCUT2D eigenvalue weighted by Gasteiger charge is 2.13. The normalized spacial score (nSPS) is 10.5. The number of aromatic nitrogens is 2. The molecule has 0 saturated carbocycles. The van der Waals surface area contributed by atoms with Crippen LogP contribution in [-0.2, 0) is 17.0 Å². The van der Waals surface area contributed by atoms with Crippen molar-refractivity contribution in [2.75, 3.05) is 7.11 Å². The van der Waals surface area contributed by atoms with Gasteiger partial charge in [0, 0.05) is 18.4 Å². The fourth-order valence-electron chi connectivity index (χ4n) is 2.48. The summed E-state index contributed by atoms with van der Waals surface area (Å²) in [6.45, 7) is 2.09. The summed E-state index contributed by atoms with van der Waals surface area (Å²) in [6.07, 6.45) is 0. The lowest BCUT2D eigenvalue weighted by Gasteiger charge is -2.10. The molecule has 7 nitrogen and oxygen atoms in total. The van der Waals surface area contributed by atoms with Gasteiger partial charge in [-0.2, -0.15) is 4.98 Å². The van der Waals surface area contributed by atoms with Crippen molar-refractivity contribution >= 4 is 23.6 Å². The third kappa shape index (κ3) is 4.98. The number of hydrogen-bond donors (Lipinski definition) is 1. The average Bonchev–Trinajstić information content (AvgIpc) is 3.15. The van der Waals surface area contributed by atoms with Gasteiger partial charge in [0.15, 0.2) is 5.82 Å². The van der Waals surface area contributed by atoms with Gasteiger partial charge in [0.05, 0.1) is 24.0 Å². The summed E-state index contributed by atoms with van der Waals surface area (Å²) in [7, 11) is 1.34. The highest BCUT2D eigenvalue weighted by Crippen LogP contribution is 2.25. The molecule has 0 fully saturated rings. The molecule has 0 aliphatic heterocycles. The number of nitrogens with one attached hydrogen (secondary N) is 1. The molecule has 1 heterocycles. The van der Waals surface area contributed by atoms with Crippen LogP contribution in [0.5, 0.6) is 0 Å². The molecule has 0 radical (unpaired) electrons. The lowest BCUT2D eigenvalue weighted by molar-refractivity contribution is 0.0600. The molecule has 0 unspecified atom stereocenters. The molecule has 0 atom stereocenters. The Hall–Kier alpha value is -3.13. The molecule has 0 aliphatic rings. The molecule has 3 aromatic rings. The lowest BCUT2D eigenvalue weighted by Crippen LogP contribution is -2.23. The summed E-state index contributed by atoms with van der Waals surface area (Å²) in [5.41, 5.74) is 1.93. The van der Waals surface area contributed by atoms with Gasteiger partial charge in [-0.25, -0.2) is 4.79 Å². The molecule has 2 aromatic carbocycles. The fourth-order valence-corrected chi connectivity index (χ4v) is 3.37. The highest BCUT2D eigenvalue weighted by molar-refractivity contribution is 7.98. The first kappa shape index (κ1) is 19.6. The number of thioether (sulfide) groups is 1. The van der Waals surface area contributed by atoms with Gasteiger partial charge in [-0.15, -0.1) is 11.8 Å². The number of methoxy groups -OCH3 is 1. The summed E-state index contributed by atoms with van der Waals surface area (Å²) in [5.74, 6) is 1.04. The summed E-state index contributed by atoms with van der Waals surface area (Å²) < 4.78 is 9.64. The van der Waals surface area contributed by atoms with E-state index >= 15 is 0 Å². The van der Waals surface area contributed by atoms with Crippen LogP contribution in [0.25, 0.3) is 0 Å². The molecule has 0 spiro atoms. The predicted molar refractivity (Wildman–Crippen MR) is 104 cm³/mol. The zero-order chi connectivity index (χ0) is 19.9. The zero-order valence-corrected chi connectivity index (χ0v) is 16.3. The van der Waals surface area contributed by atoms with Crippen LogP contribution in [0.3, 0.4) is 0 Å². The van der Waals surface area contributed by atoms with E-state index in [4.69, 9.17) is 4.52 Å². The number of rotatable bonds is 7. The third-order valence-corrected chi connectivity index (χ3v) is 4.96. The molecule has 144 valence electrons. The Balaban J connectivity index is 1.61. The number of carbonyl (C=O) groups is 2. The van der Waals surface area contributed by atoms with Crippen LogP contribution in [0.2, 0.25) is 0 Å². The Morgan fingerprint density at radius 1 is 1.14 bits per heavy atom. The van der Waals surface area contributed by atoms with E-state index in [0.717, 1.165) is 10.5 Å². The molecule has 0 aliphatic carbocycles. The molecular weight excluding hydrogens is 378 g/mol. The molecule has 0 saturated heterocycles. The van der Waals surface area contributed by atoms with Crippen LogP contribution in [0.1, 0.15) is 38.0 Å². The maximum Gasteiger partial charge on any atom is 0.337 e. The minimum absolute atomic E-state index is 0.176. The second-order valence-electron chi connectivity index (χ2n) is 5.89. The monoisotopic (exact) mass is 397 g/mol. The Labute approximate surface area is 166 Å². The van der Waals surface area contributed by atoms with E-state index in [1.54, 1.807) is 37.3 Å². The van der Waals surface area contributed by atoms with Crippen LogP contribution in [-0.4, -0.2) is 29.1 Å². The van der Waals surface area contributed by atoms with E-state index in [1.165, 1.54) is 18.9 Å². The maximum absolute atomic E-state index is 12.6. The first-order chi connectivity index (χ1) is 13.6. The molecule has 0 bridgehead atoms. The van der Waals surface area contributed by atoms with E-state index < -0.39 is 5.97 Å². The number of amides is 1. The topological polar surface area (TPSA) is 94.3 Å². The van der Waals surface area contributed by atoms with Gasteiger partial charge in [0.25, 0.3) is 5.91 Å². The Morgan fingerprint density at radius 3 is 2.57 bits per heavy atom. The van der Waals surface area contributed by atoms with Crippen molar-refractivity contribution in [3.63, 3.8) is 0 Å². The van der Waals surface area contributed by atoms with Crippen LogP contribution >= 0.6 is 11.8 Å². The number of hydrogen-bond acceptors (Lipinski definition) is 7. The van der Waals surface area contributed by atoms with Crippen molar-refractivity contribution in [1.29, 1.82) is 0 Å². The van der Waals surface area contributed by atoms with Crippen LogP contribution in [0, 0.1) is 6.92 Å². The number of ether oxygens (including phenoxy) is 1. The summed E-state index contributed by atoms with van der Waals surface area (Å²) in [5, 5.41) is 6.77. The SMILES string of the molecule is COC(=O)c1ccc(CNC(=O)c2ccccc2SCc2noc(C)n2)cc1. The Morgan fingerprint density at radius 2 is 1.89 bits per heavy atom. The summed E-state index contributed by atoms with van der Waals surface area (Å²) in [4.78, 5) is 29.1. The third-order valence-electron chi connectivity index (χ3n) is 3.89. The lowest BCUT2D eigenvalue weighted by atomic mass is 10.1. The number of esters is 1. The molecule has 28 heavy (non-hydrogen) atoms. The highest BCUT2D eigenvalue weighted by atomic mass is 32.2. The van der Waals surface area contributed by atoms with E-state index in [9.17, 15) is 9.59 Å². The second-order valence-corrected chi connectivity index (χ2v) is 6.90. The standard InChI is InChI=1S/C20H19N3O4S/c1-13-22-18(23-27-13)12-28-17-6-4-3-5-16(17)19(24)21-11-14-7-9-15(10-8-14)20(25)26-2/h3-10H,11-12H2,1-2H3,(H,21,24). The summed E-state index contributed by atoms with van der Waals surface area (Å²) >= 11 is 1.47. The maximum atomic E-state index is 12.6. The van der Waals surface area contributed by atoms with Gasteiger partial charge >= 0.3 is 5.97 Å². The average molecular weight is 397 g/mol. The van der Waals surface area contributed by atoms with Gasteiger partial charge < -0.3 is 14.6 Å². The molecular formula is C20H19N3O4S. The fraction of sp³-hybridized carbons (Fsp3) is 0.200. The first-order valence-corrected chi connectivity index (χ1v) is 9.52. The first-order valence-electron chi connectivity index (χ1n) is 8.53. The van der Waals surface area contributed by atoms with Crippen molar-refractivity contribution in [3.8, 4) is 0 Å². The van der Waals surface area contributed by atoms with Gasteiger partial charge in [0.2, 0.25) is 5.89 Å². The van der Waals surface area contributed by atoms with Gasteiger partial charge in [0.1, 0.15) is 0 Å². The molecule has 3 rings (SSSR count). The van der Waals surface area contributed by atoms with E-state index in [1.807, 2.05) is 18.2 Å². The van der Waals surface area contributed by atoms with Crippen molar-refractivity contribution < 1.29 is 18.8 Å². The van der Waals surface area contributed by atoms with E-state index in [0.29, 0.717) is 35.1 Å². The second kappa shape index (κ2) is 9.18. The van der Waals surface area contributed by atoms with Gasteiger partial charge in [-0.3, -0.25) is 4.79 Å².